The summed E-state index contributed by atoms with van der Waals surface area (Å²) in [6, 6.07) is -0.273. The fraction of sp³-hybridized carbons (Fsp3) is 0.500. The highest BCUT2D eigenvalue weighted by Gasteiger charge is 2.42. The van der Waals surface area contributed by atoms with Crippen molar-refractivity contribution in [1.29, 1.82) is 0 Å². The Morgan fingerprint density at radius 3 is 2.33 bits per heavy atom. The van der Waals surface area contributed by atoms with Gasteiger partial charge in [-0.25, -0.2) is 9.78 Å². The number of fused-ring (bicyclic) bond motifs is 1. The van der Waals surface area contributed by atoms with Gasteiger partial charge in [0.05, 0.1) is 12.4 Å². The number of imide groups is 1. The Morgan fingerprint density at radius 1 is 1.07 bits per heavy atom. The molecule has 0 aromatic carbocycles. The lowest BCUT2D eigenvalue weighted by atomic mass is 10.1. The molecule has 27 heavy (non-hydrogen) atoms. The summed E-state index contributed by atoms with van der Waals surface area (Å²) in [4.78, 5) is 67.2. The average Bonchev–Trinajstić information content (AvgIpc) is 3.15. The number of likely N-dealkylation sites (tertiary alicyclic amines) is 2. The normalized spacial score (nSPS) is 17.9. The fourth-order valence-electron chi connectivity index (χ4n) is 3.59. The summed E-state index contributed by atoms with van der Waals surface area (Å²) >= 11 is 0. The van der Waals surface area contributed by atoms with Crippen molar-refractivity contribution in [2.24, 2.45) is 14.1 Å². The van der Waals surface area contributed by atoms with Gasteiger partial charge in [0.25, 0.3) is 5.56 Å². The molecule has 2 saturated heterocycles. The van der Waals surface area contributed by atoms with Crippen molar-refractivity contribution in [3.63, 3.8) is 0 Å². The minimum atomic E-state index is -0.520. The van der Waals surface area contributed by atoms with Crippen LogP contribution in [-0.2, 0) is 35.0 Å². The second-order valence-corrected chi connectivity index (χ2v) is 6.86. The van der Waals surface area contributed by atoms with Crippen LogP contribution in [0.25, 0.3) is 11.2 Å². The van der Waals surface area contributed by atoms with Gasteiger partial charge in [0, 0.05) is 40.0 Å². The zero-order valence-corrected chi connectivity index (χ0v) is 14.9. The molecule has 11 heteroatoms. The van der Waals surface area contributed by atoms with Gasteiger partial charge in [0.1, 0.15) is 6.54 Å². The standard InChI is InChI=1S/C16H18N6O5/c1-18-14-13(15(26)19(2)16(18)27)21(8-17-14)7-12(25)20-5-9(6-20)22-10(23)3-4-11(22)24/h8-9H,3-7H2,1-2H3. The Kier molecular flexibility index (Phi) is 3.75. The minimum absolute atomic E-state index is 0.113. The predicted molar refractivity (Wildman–Crippen MR) is 91.7 cm³/mol. The van der Waals surface area contributed by atoms with Crippen LogP contribution < -0.4 is 11.2 Å². The van der Waals surface area contributed by atoms with Crippen LogP contribution in [0.5, 0.6) is 0 Å². The largest absolute Gasteiger partial charge is 0.337 e. The topological polar surface area (TPSA) is 120 Å². The predicted octanol–water partition coefficient (Wildman–Crippen LogP) is -2.21. The van der Waals surface area contributed by atoms with Crippen LogP contribution in [-0.4, -0.2) is 65.3 Å². The first kappa shape index (κ1) is 17.2. The van der Waals surface area contributed by atoms with E-state index in [2.05, 4.69) is 4.98 Å². The molecule has 2 aromatic rings. The molecule has 0 N–H and O–H groups in total. The molecule has 2 fully saturated rings. The Labute approximate surface area is 152 Å². The van der Waals surface area contributed by atoms with Crippen molar-refractivity contribution in [3.05, 3.63) is 27.2 Å². The van der Waals surface area contributed by atoms with Gasteiger partial charge in [-0.3, -0.25) is 33.2 Å². The van der Waals surface area contributed by atoms with Gasteiger partial charge in [-0.1, -0.05) is 0 Å². The maximum Gasteiger partial charge on any atom is 0.332 e. The van der Waals surface area contributed by atoms with Gasteiger partial charge in [0.15, 0.2) is 11.2 Å². The van der Waals surface area contributed by atoms with Crippen molar-refractivity contribution in [2.75, 3.05) is 13.1 Å². The van der Waals surface area contributed by atoms with E-state index in [4.69, 9.17) is 0 Å². The van der Waals surface area contributed by atoms with E-state index in [0.29, 0.717) is 13.1 Å². The molecule has 2 aliphatic heterocycles. The number of hydrogen-bond donors (Lipinski definition) is 0. The van der Waals surface area contributed by atoms with Crippen molar-refractivity contribution in [3.8, 4) is 0 Å². The number of nitrogens with zero attached hydrogens (tertiary/aromatic N) is 6. The summed E-state index contributed by atoms with van der Waals surface area (Å²) in [6.45, 7) is 0.470. The Balaban J connectivity index is 1.52. The van der Waals surface area contributed by atoms with Crippen molar-refractivity contribution in [2.45, 2.75) is 25.4 Å². The number of rotatable bonds is 3. The molecule has 4 heterocycles. The maximum atomic E-state index is 12.5. The van der Waals surface area contributed by atoms with E-state index in [1.165, 1.54) is 39.4 Å². The molecule has 2 aliphatic rings. The molecule has 0 aliphatic carbocycles. The Hall–Kier alpha value is -3.24. The molecule has 0 radical (unpaired) electrons. The minimum Gasteiger partial charge on any atom is -0.337 e. The molecule has 0 spiro atoms. The van der Waals surface area contributed by atoms with Gasteiger partial charge in [-0.05, 0) is 0 Å². The number of hydrogen-bond acceptors (Lipinski definition) is 6. The zero-order valence-electron chi connectivity index (χ0n) is 14.9. The molecular weight excluding hydrogens is 356 g/mol. The third-order valence-electron chi connectivity index (χ3n) is 5.19. The first-order chi connectivity index (χ1) is 12.8. The van der Waals surface area contributed by atoms with Gasteiger partial charge in [0.2, 0.25) is 17.7 Å². The molecule has 0 saturated carbocycles. The van der Waals surface area contributed by atoms with Gasteiger partial charge in [-0.2, -0.15) is 0 Å². The quantitative estimate of drug-likeness (QED) is 0.562. The highest BCUT2D eigenvalue weighted by Crippen LogP contribution is 2.22. The summed E-state index contributed by atoms with van der Waals surface area (Å²) in [5.41, 5.74) is -0.622. The molecule has 3 amide bonds. The molecule has 142 valence electrons. The second-order valence-electron chi connectivity index (χ2n) is 6.86. The van der Waals surface area contributed by atoms with E-state index in [1.807, 2.05) is 0 Å². The molecule has 0 atom stereocenters. The van der Waals surface area contributed by atoms with E-state index in [0.717, 1.165) is 4.57 Å². The monoisotopic (exact) mass is 374 g/mol. The Bertz CT molecular complexity index is 1090. The highest BCUT2D eigenvalue weighted by atomic mass is 16.2. The van der Waals surface area contributed by atoms with E-state index in [1.54, 1.807) is 0 Å². The summed E-state index contributed by atoms with van der Waals surface area (Å²) in [6.07, 6.45) is 1.81. The van der Waals surface area contributed by atoms with Crippen LogP contribution in [0.3, 0.4) is 0 Å². The number of aryl methyl sites for hydroxylation is 1. The van der Waals surface area contributed by atoms with Crippen LogP contribution in [0, 0.1) is 0 Å². The van der Waals surface area contributed by atoms with Gasteiger partial charge in [-0.15, -0.1) is 0 Å². The van der Waals surface area contributed by atoms with Crippen molar-refractivity contribution < 1.29 is 14.4 Å². The molecule has 11 nitrogen and oxygen atoms in total. The summed E-state index contributed by atoms with van der Waals surface area (Å²) in [7, 11) is 2.88. The second kappa shape index (κ2) is 5.89. The molecule has 0 unspecified atom stereocenters. The number of aromatic nitrogens is 4. The molecular formula is C16H18N6O5. The number of carbonyl (C=O) groups excluding carboxylic acids is 3. The molecule has 4 rings (SSSR count). The molecule has 2 aromatic heterocycles. The third kappa shape index (κ3) is 2.49. The lowest BCUT2D eigenvalue weighted by molar-refractivity contribution is -0.151. The average molecular weight is 374 g/mol. The van der Waals surface area contributed by atoms with Gasteiger partial charge >= 0.3 is 5.69 Å². The van der Waals surface area contributed by atoms with Gasteiger partial charge < -0.3 is 9.47 Å². The number of imidazole rings is 1. The smallest absolute Gasteiger partial charge is 0.332 e. The van der Waals surface area contributed by atoms with E-state index in [-0.39, 0.29) is 54.3 Å². The number of carbonyl (C=O) groups is 3. The number of amides is 3. The van der Waals surface area contributed by atoms with Crippen molar-refractivity contribution >= 4 is 28.9 Å². The third-order valence-corrected chi connectivity index (χ3v) is 5.19. The SMILES string of the molecule is Cn1c(=O)c2c(ncn2CC(=O)N2CC(N3C(=O)CCC3=O)C2)n(C)c1=O. The summed E-state index contributed by atoms with van der Waals surface area (Å²) in [5.74, 6) is -0.634. The zero-order chi connectivity index (χ0) is 19.5. The molecule has 0 bridgehead atoms. The maximum absolute atomic E-state index is 12.5. The van der Waals surface area contributed by atoms with E-state index < -0.39 is 11.2 Å². The summed E-state index contributed by atoms with van der Waals surface area (Å²) < 4.78 is 3.64. The van der Waals surface area contributed by atoms with Crippen molar-refractivity contribution in [1.82, 2.24) is 28.5 Å². The first-order valence-electron chi connectivity index (χ1n) is 8.53. The lowest BCUT2D eigenvalue weighted by Gasteiger charge is -2.43. The van der Waals surface area contributed by atoms with Crippen LogP contribution in [0.15, 0.2) is 15.9 Å². The van der Waals surface area contributed by atoms with Crippen LogP contribution >= 0.6 is 0 Å². The van der Waals surface area contributed by atoms with E-state index >= 15 is 0 Å². The van der Waals surface area contributed by atoms with Crippen LogP contribution in [0.1, 0.15) is 12.8 Å². The fourth-order valence-corrected chi connectivity index (χ4v) is 3.59. The highest BCUT2D eigenvalue weighted by molar-refractivity contribution is 6.02. The first-order valence-corrected chi connectivity index (χ1v) is 8.53. The van der Waals surface area contributed by atoms with Crippen LogP contribution in [0.4, 0.5) is 0 Å². The lowest BCUT2D eigenvalue weighted by Crippen LogP contribution is -2.62. The van der Waals surface area contributed by atoms with E-state index in [9.17, 15) is 24.0 Å². The van der Waals surface area contributed by atoms with Crippen LogP contribution in [0.2, 0.25) is 0 Å². The Morgan fingerprint density at radius 2 is 1.70 bits per heavy atom. The summed E-state index contributed by atoms with van der Waals surface area (Å²) in [5, 5.41) is 0.